The Balaban J connectivity index is 3.15. The first-order valence-electron chi connectivity index (χ1n) is 5.57. The lowest BCUT2D eigenvalue weighted by Crippen LogP contribution is -2.25. The molecule has 1 aromatic carbocycles. The standard InChI is InChI=1S/C11H14BrFN2O3S/c1-2-3-4-15-11(16)8-5-7(13)6-9(10(8)12)19(14,17)18/h5-6H,2-4H2,1H3,(H,15,16)(H2,14,17,18). The van der Waals surface area contributed by atoms with Crippen molar-refractivity contribution in [2.45, 2.75) is 24.7 Å². The summed E-state index contributed by atoms with van der Waals surface area (Å²) in [5.74, 6) is -1.39. The van der Waals surface area contributed by atoms with Crippen LogP contribution in [0.4, 0.5) is 4.39 Å². The van der Waals surface area contributed by atoms with Crippen LogP contribution in [-0.2, 0) is 10.0 Å². The van der Waals surface area contributed by atoms with Gasteiger partial charge >= 0.3 is 0 Å². The van der Waals surface area contributed by atoms with Gasteiger partial charge in [0.1, 0.15) is 5.82 Å². The van der Waals surface area contributed by atoms with Crippen LogP contribution in [0.25, 0.3) is 0 Å². The zero-order valence-corrected chi connectivity index (χ0v) is 12.6. The third kappa shape index (κ3) is 4.26. The number of nitrogens with two attached hydrogens (primary N) is 1. The van der Waals surface area contributed by atoms with Crippen molar-refractivity contribution in [2.75, 3.05) is 6.54 Å². The number of carbonyl (C=O) groups excluding carboxylic acids is 1. The van der Waals surface area contributed by atoms with Crippen molar-refractivity contribution in [3.05, 3.63) is 28.0 Å². The van der Waals surface area contributed by atoms with E-state index in [1.54, 1.807) is 0 Å². The molecule has 1 aromatic rings. The number of halogens is 2. The van der Waals surface area contributed by atoms with Crippen LogP contribution in [0, 0.1) is 5.82 Å². The molecule has 19 heavy (non-hydrogen) atoms. The Bertz CT molecular complexity index is 590. The molecule has 5 nitrogen and oxygen atoms in total. The summed E-state index contributed by atoms with van der Waals surface area (Å²) < 4.78 is 35.9. The Morgan fingerprint density at radius 2 is 2.11 bits per heavy atom. The monoisotopic (exact) mass is 352 g/mol. The Morgan fingerprint density at radius 1 is 1.47 bits per heavy atom. The number of carbonyl (C=O) groups is 1. The average molecular weight is 353 g/mol. The summed E-state index contributed by atoms with van der Waals surface area (Å²) in [7, 11) is -4.10. The van der Waals surface area contributed by atoms with Crippen molar-refractivity contribution in [2.24, 2.45) is 5.14 Å². The van der Waals surface area contributed by atoms with E-state index in [1.165, 1.54) is 0 Å². The minimum Gasteiger partial charge on any atom is -0.352 e. The van der Waals surface area contributed by atoms with Gasteiger partial charge in [-0.3, -0.25) is 4.79 Å². The average Bonchev–Trinajstić information content (AvgIpc) is 2.30. The minimum absolute atomic E-state index is 0.0367. The van der Waals surface area contributed by atoms with Gasteiger partial charge in [0.25, 0.3) is 5.91 Å². The fourth-order valence-electron chi connectivity index (χ4n) is 1.41. The van der Waals surface area contributed by atoms with E-state index < -0.39 is 26.6 Å². The number of benzene rings is 1. The first-order valence-corrected chi connectivity index (χ1v) is 7.91. The molecule has 0 aliphatic rings. The highest BCUT2D eigenvalue weighted by Gasteiger charge is 2.21. The highest BCUT2D eigenvalue weighted by atomic mass is 79.9. The smallest absolute Gasteiger partial charge is 0.252 e. The van der Waals surface area contributed by atoms with Crippen LogP contribution in [-0.4, -0.2) is 20.9 Å². The van der Waals surface area contributed by atoms with Crippen LogP contribution < -0.4 is 10.5 Å². The molecule has 8 heteroatoms. The largest absolute Gasteiger partial charge is 0.352 e. The van der Waals surface area contributed by atoms with Crippen LogP contribution in [0.5, 0.6) is 0 Å². The van der Waals surface area contributed by atoms with E-state index >= 15 is 0 Å². The van der Waals surface area contributed by atoms with Gasteiger partial charge in [0.05, 0.1) is 14.9 Å². The van der Waals surface area contributed by atoms with Crippen molar-refractivity contribution in [1.82, 2.24) is 5.32 Å². The molecule has 1 rings (SSSR count). The number of nitrogens with one attached hydrogen (secondary N) is 1. The molecule has 0 heterocycles. The van der Waals surface area contributed by atoms with E-state index in [0.29, 0.717) is 6.54 Å². The molecular weight excluding hydrogens is 339 g/mol. The molecule has 0 radical (unpaired) electrons. The van der Waals surface area contributed by atoms with E-state index in [2.05, 4.69) is 21.2 Å². The normalized spacial score (nSPS) is 11.4. The molecule has 0 spiro atoms. The zero-order chi connectivity index (χ0) is 14.6. The summed E-state index contributed by atoms with van der Waals surface area (Å²) >= 11 is 2.97. The summed E-state index contributed by atoms with van der Waals surface area (Å²) in [4.78, 5) is 11.4. The minimum atomic E-state index is -4.10. The second kappa shape index (κ2) is 6.44. The Labute approximate surface area is 119 Å². The number of sulfonamides is 1. The van der Waals surface area contributed by atoms with E-state index in [1.807, 2.05) is 6.92 Å². The molecule has 0 aliphatic heterocycles. The number of hydrogen-bond donors (Lipinski definition) is 2. The summed E-state index contributed by atoms with van der Waals surface area (Å²) in [6.45, 7) is 2.40. The molecular formula is C11H14BrFN2O3S. The van der Waals surface area contributed by atoms with Gasteiger partial charge in [0.15, 0.2) is 0 Å². The Hall–Kier alpha value is -0.990. The van der Waals surface area contributed by atoms with Crippen LogP contribution in [0.1, 0.15) is 30.1 Å². The molecule has 0 bridgehead atoms. The molecule has 0 unspecified atom stereocenters. The first kappa shape index (κ1) is 16.1. The number of primary sulfonamides is 1. The van der Waals surface area contributed by atoms with Crippen LogP contribution in [0.2, 0.25) is 0 Å². The zero-order valence-electron chi connectivity index (χ0n) is 10.2. The molecule has 106 valence electrons. The maximum atomic E-state index is 13.4. The topological polar surface area (TPSA) is 89.3 Å². The quantitative estimate of drug-likeness (QED) is 0.791. The number of rotatable bonds is 5. The van der Waals surface area contributed by atoms with Crippen LogP contribution in [0.15, 0.2) is 21.5 Å². The maximum Gasteiger partial charge on any atom is 0.252 e. The molecule has 0 aliphatic carbocycles. The molecule has 0 saturated heterocycles. The molecule has 0 aromatic heterocycles. The molecule has 3 N–H and O–H groups in total. The van der Waals surface area contributed by atoms with Gasteiger partial charge in [-0.2, -0.15) is 0 Å². The second-order valence-electron chi connectivity index (χ2n) is 3.92. The number of hydrogen-bond acceptors (Lipinski definition) is 3. The fourth-order valence-corrected chi connectivity index (χ4v) is 3.13. The first-order chi connectivity index (χ1) is 8.77. The SMILES string of the molecule is CCCCNC(=O)c1cc(F)cc(S(N)(=O)=O)c1Br. The van der Waals surface area contributed by atoms with Crippen molar-refractivity contribution in [3.63, 3.8) is 0 Å². The van der Waals surface area contributed by atoms with Gasteiger partial charge in [-0.05, 0) is 34.5 Å². The number of unbranched alkanes of at least 4 members (excludes halogenated alkanes) is 1. The number of amides is 1. The molecule has 0 atom stereocenters. The van der Waals surface area contributed by atoms with Gasteiger partial charge < -0.3 is 5.32 Å². The van der Waals surface area contributed by atoms with Crippen molar-refractivity contribution < 1.29 is 17.6 Å². The second-order valence-corrected chi connectivity index (χ2v) is 6.24. The molecule has 0 saturated carbocycles. The van der Waals surface area contributed by atoms with E-state index in [-0.39, 0.29) is 10.0 Å². The summed E-state index contributed by atoms with van der Waals surface area (Å²) in [5.41, 5.74) is -0.0971. The maximum absolute atomic E-state index is 13.4. The predicted octanol–water partition coefficient (Wildman–Crippen LogP) is 1.77. The van der Waals surface area contributed by atoms with E-state index in [9.17, 15) is 17.6 Å². The highest BCUT2D eigenvalue weighted by Crippen LogP contribution is 2.26. The Morgan fingerprint density at radius 3 is 2.63 bits per heavy atom. The summed E-state index contributed by atoms with van der Waals surface area (Å²) in [6, 6.07) is 1.72. The van der Waals surface area contributed by atoms with Crippen molar-refractivity contribution in [1.29, 1.82) is 0 Å². The lowest BCUT2D eigenvalue weighted by atomic mass is 10.2. The molecule has 0 fully saturated rings. The lowest BCUT2D eigenvalue weighted by Gasteiger charge is -2.09. The summed E-state index contributed by atoms with van der Waals surface area (Å²) in [6.07, 6.45) is 1.67. The third-order valence-corrected chi connectivity index (χ3v) is 4.42. The van der Waals surface area contributed by atoms with Gasteiger partial charge in [0, 0.05) is 6.54 Å². The van der Waals surface area contributed by atoms with Gasteiger partial charge in [-0.15, -0.1) is 0 Å². The van der Waals surface area contributed by atoms with Crippen molar-refractivity contribution >= 4 is 31.9 Å². The van der Waals surface area contributed by atoms with Crippen LogP contribution in [0.3, 0.4) is 0 Å². The lowest BCUT2D eigenvalue weighted by molar-refractivity contribution is 0.0951. The van der Waals surface area contributed by atoms with Gasteiger partial charge in [-0.1, -0.05) is 13.3 Å². The van der Waals surface area contributed by atoms with E-state index in [0.717, 1.165) is 25.0 Å². The Kier molecular flexibility index (Phi) is 5.45. The van der Waals surface area contributed by atoms with Gasteiger partial charge in [0.2, 0.25) is 10.0 Å². The third-order valence-electron chi connectivity index (χ3n) is 2.37. The predicted molar refractivity (Wildman–Crippen MR) is 72.7 cm³/mol. The van der Waals surface area contributed by atoms with Gasteiger partial charge in [-0.25, -0.2) is 17.9 Å². The molecule has 1 amide bonds. The van der Waals surface area contributed by atoms with Crippen molar-refractivity contribution in [3.8, 4) is 0 Å². The van der Waals surface area contributed by atoms with Crippen LogP contribution >= 0.6 is 15.9 Å². The van der Waals surface area contributed by atoms with E-state index in [4.69, 9.17) is 5.14 Å². The summed E-state index contributed by atoms with van der Waals surface area (Å²) in [5, 5.41) is 7.54. The fraction of sp³-hybridized carbons (Fsp3) is 0.364. The highest BCUT2D eigenvalue weighted by molar-refractivity contribution is 9.10.